The van der Waals surface area contributed by atoms with Crippen LogP contribution >= 0.6 is 0 Å². The van der Waals surface area contributed by atoms with E-state index in [0.29, 0.717) is 22.6 Å². The van der Waals surface area contributed by atoms with Gasteiger partial charge in [-0.05, 0) is 24.6 Å². The first-order valence-corrected chi connectivity index (χ1v) is 6.05. The van der Waals surface area contributed by atoms with Gasteiger partial charge in [0, 0.05) is 12.0 Å². The molecular formula is C11H11NO2S. The molecule has 0 radical (unpaired) electrons. The number of aliphatic imine (C=N–C) groups is 1. The molecular weight excluding hydrogens is 210 g/mol. The van der Waals surface area contributed by atoms with Crippen LogP contribution in [0.15, 0.2) is 28.1 Å². The predicted octanol–water partition coefficient (Wildman–Crippen LogP) is 2.45. The maximum Gasteiger partial charge on any atom is 0.162 e. The molecule has 0 N–H and O–H groups in total. The van der Waals surface area contributed by atoms with Gasteiger partial charge in [-0.3, -0.25) is 4.79 Å². The minimum atomic E-state index is -1.17. The van der Waals surface area contributed by atoms with Crippen LogP contribution in [0.25, 0.3) is 0 Å². The highest BCUT2D eigenvalue weighted by molar-refractivity contribution is 7.99. The molecule has 15 heavy (non-hydrogen) atoms. The second-order valence-electron chi connectivity index (χ2n) is 3.39. The Labute approximate surface area is 90.7 Å². The van der Waals surface area contributed by atoms with Gasteiger partial charge in [0.2, 0.25) is 0 Å². The highest BCUT2D eigenvalue weighted by Crippen LogP contribution is 2.28. The minimum absolute atomic E-state index is 0.101. The van der Waals surface area contributed by atoms with Gasteiger partial charge in [-0.2, -0.15) is 0 Å². The fourth-order valence-corrected chi connectivity index (χ4v) is 2.38. The Morgan fingerprint density at radius 2 is 2.27 bits per heavy atom. The first-order chi connectivity index (χ1) is 7.22. The second-order valence-corrected chi connectivity index (χ2v) is 4.63. The van der Waals surface area contributed by atoms with Crippen LogP contribution in [0.2, 0.25) is 0 Å². The number of carbonyl (C=O) groups excluding carboxylic acids is 1. The number of ketones is 1. The van der Waals surface area contributed by atoms with Crippen molar-refractivity contribution in [3.63, 3.8) is 0 Å². The first kappa shape index (κ1) is 10.2. The third-order valence-corrected chi connectivity index (χ3v) is 3.32. The number of rotatable bonds is 3. The molecule has 1 aliphatic rings. The van der Waals surface area contributed by atoms with E-state index in [-0.39, 0.29) is 5.78 Å². The largest absolute Gasteiger partial charge is 0.294 e. The van der Waals surface area contributed by atoms with Crippen LogP contribution < -0.4 is 0 Å². The van der Waals surface area contributed by atoms with E-state index in [0.717, 1.165) is 6.42 Å². The van der Waals surface area contributed by atoms with Gasteiger partial charge in [-0.1, -0.05) is 6.92 Å². The van der Waals surface area contributed by atoms with Crippen LogP contribution in [0.1, 0.15) is 30.1 Å². The highest BCUT2D eigenvalue weighted by atomic mass is 32.2. The summed E-state index contributed by atoms with van der Waals surface area (Å²) in [6.45, 7) is 1.96. The summed E-state index contributed by atoms with van der Waals surface area (Å²) < 4.78 is 11.4. The molecule has 0 saturated carbocycles. The molecule has 0 aromatic heterocycles. The molecule has 0 saturated heterocycles. The van der Waals surface area contributed by atoms with Gasteiger partial charge in [0.1, 0.15) is 0 Å². The van der Waals surface area contributed by atoms with E-state index in [4.69, 9.17) is 0 Å². The van der Waals surface area contributed by atoms with Crippen molar-refractivity contribution in [2.75, 3.05) is 0 Å². The van der Waals surface area contributed by atoms with Crippen molar-refractivity contribution >= 4 is 27.8 Å². The molecule has 0 amide bonds. The van der Waals surface area contributed by atoms with Crippen molar-refractivity contribution in [3.05, 3.63) is 23.8 Å². The first-order valence-electron chi connectivity index (χ1n) is 4.84. The van der Waals surface area contributed by atoms with Crippen LogP contribution in [-0.2, 0) is 10.8 Å². The quantitative estimate of drug-likeness (QED) is 0.736. The maximum atomic E-state index is 11.6. The van der Waals surface area contributed by atoms with Gasteiger partial charge in [0.15, 0.2) is 5.78 Å². The molecule has 1 heterocycles. The third-order valence-electron chi connectivity index (χ3n) is 2.26. The summed E-state index contributed by atoms with van der Waals surface area (Å²) in [4.78, 5) is 16.3. The van der Waals surface area contributed by atoms with E-state index >= 15 is 0 Å². The normalized spacial score (nSPS) is 17.8. The van der Waals surface area contributed by atoms with Crippen molar-refractivity contribution in [1.29, 1.82) is 0 Å². The molecule has 1 aromatic rings. The Bertz CT molecular complexity index is 466. The van der Waals surface area contributed by atoms with Crippen LogP contribution in [-0.4, -0.2) is 15.5 Å². The van der Waals surface area contributed by atoms with Crippen LogP contribution in [0.4, 0.5) is 5.69 Å². The molecule has 78 valence electrons. The van der Waals surface area contributed by atoms with E-state index in [2.05, 4.69) is 4.99 Å². The molecule has 2 rings (SSSR count). The molecule has 3 nitrogen and oxygen atoms in total. The van der Waals surface area contributed by atoms with Crippen molar-refractivity contribution < 1.29 is 9.00 Å². The van der Waals surface area contributed by atoms with E-state index in [1.165, 1.54) is 5.55 Å². The summed E-state index contributed by atoms with van der Waals surface area (Å²) in [5, 5.41) is 0. The van der Waals surface area contributed by atoms with Crippen molar-refractivity contribution in [3.8, 4) is 0 Å². The molecule has 1 unspecified atom stereocenters. The lowest BCUT2D eigenvalue weighted by Crippen LogP contribution is -1.99. The zero-order chi connectivity index (χ0) is 10.8. The van der Waals surface area contributed by atoms with E-state index in [1.807, 2.05) is 6.92 Å². The van der Waals surface area contributed by atoms with Gasteiger partial charge in [0.05, 0.1) is 26.9 Å². The molecule has 1 atom stereocenters. The Hall–Kier alpha value is -1.29. The number of nitrogens with zero attached hydrogens (tertiary/aromatic N) is 1. The predicted molar refractivity (Wildman–Crippen MR) is 60.2 cm³/mol. The maximum absolute atomic E-state index is 11.6. The fourth-order valence-electron chi connectivity index (χ4n) is 1.49. The number of carbonyl (C=O) groups is 1. The van der Waals surface area contributed by atoms with E-state index in [9.17, 15) is 9.00 Å². The second kappa shape index (κ2) is 4.06. The minimum Gasteiger partial charge on any atom is -0.294 e. The topological polar surface area (TPSA) is 46.5 Å². The molecule has 0 bridgehead atoms. The summed E-state index contributed by atoms with van der Waals surface area (Å²) in [5.41, 5.74) is 2.74. The van der Waals surface area contributed by atoms with Crippen LogP contribution in [0, 0.1) is 0 Å². The Balaban J connectivity index is 2.35. The Morgan fingerprint density at radius 1 is 1.47 bits per heavy atom. The van der Waals surface area contributed by atoms with Crippen molar-refractivity contribution in [2.24, 2.45) is 4.99 Å². The molecule has 0 spiro atoms. The highest BCUT2D eigenvalue weighted by Gasteiger charge is 2.16. The molecule has 1 aromatic carbocycles. The fraction of sp³-hybridized carbons (Fsp3) is 0.273. The van der Waals surface area contributed by atoms with E-state index < -0.39 is 10.8 Å². The Kier molecular flexibility index (Phi) is 2.77. The summed E-state index contributed by atoms with van der Waals surface area (Å²) in [7, 11) is -1.17. The van der Waals surface area contributed by atoms with E-state index in [1.54, 1.807) is 18.2 Å². The number of fused-ring (bicyclic) bond motifs is 1. The number of Topliss-reactive ketones (excluding diaryl/α,β-unsaturated/α-hetero) is 1. The van der Waals surface area contributed by atoms with Gasteiger partial charge >= 0.3 is 0 Å². The smallest absolute Gasteiger partial charge is 0.162 e. The monoisotopic (exact) mass is 221 g/mol. The van der Waals surface area contributed by atoms with Crippen molar-refractivity contribution in [2.45, 2.75) is 24.7 Å². The lowest BCUT2D eigenvalue weighted by atomic mass is 10.1. The number of hydrogen-bond donors (Lipinski definition) is 0. The molecule has 4 heteroatoms. The standard InChI is InChI=1S/C11H11NO2S/c1-2-3-10(13)8-4-5-9-11(6-8)15(14)7-12-9/h4-7H,2-3H2,1H3. The lowest BCUT2D eigenvalue weighted by molar-refractivity contribution is 0.0981. The Morgan fingerprint density at radius 3 is 3.00 bits per heavy atom. The molecule has 1 aliphatic heterocycles. The number of hydrogen-bond acceptors (Lipinski definition) is 3. The van der Waals surface area contributed by atoms with Gasteiger partial charge in [-0.15, -0.1) is 0 Å². The van der Waals surface area contributed by atoms with Crippen LogP contribution in [0.5, 0.6) is 0 Å². The summed E-state index contributed by atoms with van der Waals surface area (Å²) in [6, 6.07) is 5.19. The SMILES string of the molecule is CCCC(=O)c1ccc2c(c1)S(=O)C=N2. The summed E-state index contributed by atoms with van der Waals surface area (Å²) in [6.07, 6.45) is 1.36. The summed E-state index contributed by atoms with van der Waals surface area (Å²) in [5.74, 6) is 0.101. The zero-order valence-corrected chi connectivity index (χ0v) is 9.21. The van der Waals surface area contributed by atoms with Gasteiger partial charge < -0.3 is 0 Å². The van der Waals surface area contributed by atoms with Gasteiger partial charge in [-0.25, -0.2) is 9.20 Å². The zero-order valence-electron chi connectivity index (χ0n) is 8.40. The summed E-state index contributed by atoms with van der Waals surface area (Å²) >= 11 is 0. The van der Waals surface area contributed by atoms with Crippen molar-refractivity contribution in [1.82, 2.24) is 0 Å². The number of benzene rings is 1. The average molecular weight is 221 g/mol. The molecule has 0 aliphatic carbocycles. The lowest BCUT2D eigenvalue weighted by Gasteiger charge is -2.01. The average Bonchev–Trinajstić information content (AvgIpc) is 2.60. The molecule has 0 fully saturated rings. The van der Waals surface area contributed by atoms with Gasteiger partial charge in [0.25, 0.3) is 0 Å². The van der Waals surface area contributed by atoms with Crippen LogP contribution in [0.3, 0.4) is 0 Å². The third kappa shape index (κ3) is 1.90.